The molecule has 6 heteroatoms. The highest BCUT2D eigenvalue weighted by Gasteiger charge is 2.08. The van der Waals surface area contributed by atoms with Gasteiger partial charge >= 0.3 is 0 Å². The van der Waals surface area contributed by atoms with Crippen molar-refractivity contribution in [2.75, 3.05) is 12.8 Å². The quantitative estimate of drug-likeness (QED) is 0.801. The van der Waals surface area contributed by atoms with Crippen molar-refractivity contribution in [1.82, 2.24) is 15.1 Å². The zero-order chi connectivity index (χ0) is 10.7. The van der Waals surface area contributed by atoms with E-state index in [4.69, 9.17) is 15.0 Å². The first-order valence-corrected chi connectivity index (χ1v) is 4.33. The maximum absolute atomic E-state index is 5.51. The molecule has 0 amide bonds. The van der Waals surface area contributed by atoms with Crippen molar-refractivity contribution < 1.29 is 9.26 Å². The van der Waals surface area contributed by atoms with E-state index in [-0.39, 0.29) is 0 Å². The summed E-state index contributed by atoms with van der Waals surface area (Å²) in [5.41, 5.74) is 6.70. The molecule has 0 unspecified atom stereocenters. The van der Waals surface area contributed by atoms with Gasteiger partial charge in [-0.15, -0.1) is 0 Å². The Morgan fingerprint density at radius 2 is 2.33 bits per heavy atom. The van der Waals surface area contributed by atoms with E-state index in [0.717, 1.165) is 0 Å². The fourth-order valence-corrected chi connectivity index (χ4v) is 1.08. The van der Waals surface area contributed by atoms with Crippen LogP contribution in [0.3, 0.4) is 0 Å². The summed E-state index contributed by atoms with van der Waals surface area (Å²) >= 11 is 0. The van der Waals surface area contributed by atoms with Crippen LogP contribution in [0, 0.1) is 0 Å². The van der Waals surface area contributed by atoms with E-state index in [1.807, 2.05) is 0 Å². The summed E-state index contributed by atoms with van der Waals surface area (Å²) in [4.78, 5) is 8.15. The van der Waals surface area contributed by atoms with Crippen LogP contribution in [0.2, 0.25) is 0 Å². The van der Waals surface area contributed by atoms with Crippen molar-refractivity contribution in [1.29, 1.82) is 0 Å². The first-order valence-electron chi connectivity index (χ1n) is 4.33. The minimum absolute atomic E-state index is 0.318. The van der Waals surface area contributed by atoms with Crippen LogP contribution in [-0.2, 0) is 11.3 Å². The van der Waals surface area contributed by atoms with Gasteiger partial charge in [-0.05, 0) is 12.1 Å². The fraction of sp³-hybridized carbons (Fsp3) is 0.222. The molecule has 0 atom stereocenters. The van der Waals surface area contributed by atoms with Crippen LogP contribution in [0.4, 0.5) is 5.69 Å². The van der Waals surface area contributed by atoms with Crippen LogP contribution in [0.15, 0.2) is 22.9 Å². The Kier molecular flexibility index (Phi) is 2.59. The molecule has 2 aromatic rings. The molecule has 0 spiro atoms. The molecule has 0 aliphatic carbocycles. The molecule has 0 saturated carbocycles. The third-order valence-electron chi connectivity index (χ3n) is 1.75. The van der Waals surface area contributed by atoms with Gasteiger partial charge in [0.1, 0.15) is 12.3 Å². The van der Waals surface area contributed by atoms with Crippen LogP contribution in [0.1, 0.15) is 5.82 Å². The van der Waals surface area contributed by atoms with Crippen molar-refractivity contribution >= 4 is 5.69 Å². The largest absolute Gasteiger partial charge is 0.397 e. The molecule has 2 aromatic heterocycles. The summed E-state index contributed by atoms with van der Waals surface area (Å²) in [6.07, 6.45) is 1.54. The van der Waals surface area contributed by atoms with E-state index in [0.29, 0.717) is 29.7 Å². The summed E-state index contributed by atoms with van der Waals surface area (Å²) < 4.78 is 9.87. The smallest absolute Gasteiger partial charge is 0.276 e. The van der Waals surface area contributed by atoms with Crippen molar-refractivity contribution in [2.45, 2.75) is 6.61 Å². The second-order valence-electron chi connectivity index (χ2n) is 2.93. The Hall–Kier alpha value is -1.95. The van der Waals surface area contributed by atoms with Crippen LogP contribution >= 0.6 is 0 Å². The number of nitrogen functional groups attached to an aromatic ring is 1. The standard InChI is InChI=1S/C9H10N4O2/c1-14-5-8-12-9(15-13-8)7-3-2-6(10)4-11-7/h2-4H,5,10H2,1H3. The average Bonchev–Trinajstić information content (AvgIpc) is 2.68. The number of anilines is 1. The lowest BCUT2D eigenvalue weighted by atomic mass is 10.3. The molecule has 0 aromatic carbocycles. The molecule has 0 fully saturated rings. The lowest BCUT2D eigenvalue weighted by Gasteiger charge is -1.93. The van der Waals surface area contributed by atoms with Crippen LogP contribution in [0.25, 0.3) is 11.6 Å². The first kappa shape index (κ1) is 9.60. The minimum Gasteiger partial charge on any atom is -0.397 e. The highest BCUT2D eigenvalue weighted by molar-refractivity contribution is 5.50. The number of rotatable bonds is 3. The Bertz CT molecular complexity index is 438. The summed E-state index contributed by atoms with van der Waals surface area (Å²) in [7, 11) is 1.57. The van der Waals surface area contributed by atoms with Gasteiger partial charge in [-0.3, -0.25) is 0 Å². The lowest BCUT2D eigenvalue weighted by Crippen LogP contribution is -1.90. The molecule has 2 rings (SSSR count). The SMILES string of the molecule is COCc1noc(-c2ccc(N)cn2)n1. The van der Waals surface area contributed by atoms with Crippen molar-refractivity contribution in [3.8, 4) is 11.6 Å². The van der Waals surface area contributed by atoms with Crippen LogP contribution in [-0.4, -0.2) is 22.2 Å². The third kappa shape index (κ3) is 2.10. The molecule has 15 heavy (non-hydrogen) atoms. The van der Waals surface area contributed by atoms with Gasteiger partial charge in [-0.2, -0.15) is 4.98 Å². The highest BCUT2D eigenvalue weighted by atomic mass is 16.5. The van der Waals surface area contributed by atoms with Gasteiger partial charge in [-0.1, -0.05) is 5.16 Å². The average molecular weight is 206 g/mol. The van der Waals surface area contributed by atoms with Gasteiger partial charge in [0, 0.05) is 7.11 Å². The normalized spacial score (nSPS) is 10.5. The Morgan fingerprint density at radius 1 is 1.47 bits per heavy atom. The molecule has 0 aliphatic rings. The Balaban J connectivity index is 2.25. The fourth-order valence-electron chi connectivity index (χ4n) is 1.08. The molecule has 0 bridgehead atoms. The third-order valence-corrected chi connectivity index (χ3v) is 1.75. The van der Waals surface area contributed by atoms with Crippen molar-refractivity contribution in [3.63, 3.8) is 0 Å². The van der Waals surface area contributed by atoms with E-state index in [2.05, 4.69) is 15.1 Å². The van der Waals surface area contributed by atoms with E-state index in [9.17, 15) is 0 Å². The predicted octanol–water partition coefficient (Wildman–Crippen LogP) is 0.860. The molecule has 2 N–H and O–H groups in total. The Morgan fingerprint density at radius 3 is 3.00 bits per heavy atom. The molecular weight excluding hydrogens is 196 g/mol. The monoisotopic (exact) mass is 206 g/mol. The number of pyridine rings is 1. The maximum atomic E-state index is 5.51. The van der Waals surface area contributed by atoms with Crippen LogP contribution in [0.5, 0.6) is 0 Å². The van der Waals surface area contributed by atoms with Crippen molar-refractivity contribution in [3.05, 3.63) is 24.2 Å². The zero-order valence-corrected chi connectivity index (χ0v) is 8.17. The summed E-state index contributed by atoms with van der Waals surface area (Å²) in [6, 6.07) is 3.45. The zero-order valence-electron chi connectivity index (χ0n) is 8.17. The van der Waals surface area contributed by atoms with E-state index in [1.54, 1.807) is 19.2 Å². The molecule has 0 saturated heterocycles. The Labute approximate surface area is 86.1 Å². The van der Waals surface area contributed by atoms with Gasteiger partial charge in [0.05, 0.1) is 11.9 Å². The molecule has 6 nitrogen and oxygen atoms in total. The van der Waals surface area contributed by atoms with Gasteiger partial charge < -0.3 is 15.0 Å². The van der Waals surface area contributed by atoms with E-state index >= 15 is 0 Å². The molecular formula is C9H10N4O2. The number of nitrogens with two attached hydrogens (primary N) is 1. The summed E-state index contributed by atoms with van der Waals surface area (Å²) in [5.74, 6) is 0.855. The second-order valence-corrected chi connectivity index (χ2v) is 2.93. The molecule has 0 aliphatic heterocycles. The van der Waals surface area contributed by atoms with Gasteiger partial charge in [-0.25, -0.2) is 4.98 Å². The number of methoxy groups -OCH3 is 1. The number of ether oxygens (including phenoxy) is 1. The van der Waals surface area contributed by atoms with E-state index < -0.39 is 0 Å². The lowest BCUT2D eigenvalue weighted by molar-refractivity contribution is 0.174. The van der Waals surface area contributed by atoms with Gasteiger partial charge in [0.15, 0.2) is 5.82 Å². The number of hydrogen-bond donors (Lipinski definition) is 1. The molecule has 0 radical (unpaired) electrons. The predicted molar refractivity (Wildman–Crippen MR) is 52.7 cm³/mol. The summed E-state index contributed by atoms with van der Waals surface area (Å²) in [5, 5.41) is 3.72. The number of hydrogen-bond acceptors (Lipinski definition) is 6. The van der Waals surface area contributed by atoms with Crippen LogP contribution < -0.4 is 5.73 Å². The number of aromatic nitrogens is 3. The number of nitrogens with zero attached hydrogens (tertiary/aromatic N) is 3. The maximum Gasteiger partial charge on any atom is 0.276 e. The molecule has 78 valence electrons. The molecule has 2 heterocycles. The second kappa shape index (κ2) is 4.05. The highest BCUT2D eigenvalue weighted by Crippen LogP contribution is 2.15. The van der Waals surface area contributed by atoms with Gasteiger partial charge in [0.2, 0.25) is 0 Å². The first-order chi connectivity index (χ1) is 7.29. The summed E-state index contributed by atoms with van der Waals surface area (Å²) in [6.45, 7) is 0.318. The minimum atomic E-state index is 0.318. The van der Waals surface area contributed by atoms with E-state index in [1.165, 1.54) is 6.20 Å². The van der Waals surface area contributed by atoms with Crippen molar-refractivity contribution in [2.24, 2.45) is 0 Å². The van der Waals surface area contributed by atoms with Gasteiger partial charge in [0.25, 0.3) is 5.89 Å². The topological polar surface area (TPSA) is 87.1 Å².